The highest BCUT2D eigenvalue weighted by molar-refractivity contribution is 6.02. The summed E-state index contributed by atoms with van der Waals surface area (Å²) in [5.41, 5.74) is 4.70. The second kappa shape index (κ2) is 6.44. The summed E-state index contributed by atoms with van der Waals surface area (Å²) in [4.78, 5) is 21.2. The number of nitrogens with one attached hydrogen (secondary N) is 1. The number of fused-ring (bicyclic) bond motifs is 1. The van der Waals surface area contributed by atoms with Crippen LogP contribution in [0.4, 0.5) is 0 Å². The Hall–Kier alpha value is -3.48. The molecule has 0 aliphatic rings. The summed E-state index contributed by atoms with van der Waals surface area (Å²) < 4.78 is 3.72. The van der Waals surface area contributed by atoms with Crippen molar-refractivity contribution in [1.29, 1.82) is 0 Å². The van der Waals surface area contributed by atoms with Gasteiger partial charge in [-0.1, -0.05) is 6.07 Å². The molecule has 0 saturated carbocycles. The fraction of sp³-hybridized carbons (Fsp3) is 0.158. The van der Waals surface area contributed by atoms with Gasteiger partial charge in [0.2, 0.25) is 0 Å². The van der Waals surface area contributed by atoms with E-state index in [1.807, 2.05) is 61.1 Å². The molecule has 0 unspecified atom stereocenters. The first-order valence-electron chi connectivity index (χ1n) is 8.27. The lowest BCUT2D eigenvalue weighted by molar-refractivity contribution is 0.0952. The molecule has 0 aliphatic heterocycles. The Morgan fingerprint density at radius 2 is 2.04 bits per heavy atom. The zero-order valence-corrected chi connectivity index (χ0v) is 14.5. The van der Waals surface area contributed by atoms with Crippen LogP contribution < -0.4 is 5.32 Å². The van der Waals surface area contributed by atoms with Gasteiger partial charge in [0.15, 0.2) is 0 Å². The minimum Gasteiger partial charge on any atom is -0.346 e. The quantitative estimate of drug-likeness (QED) is 0.615. The van der Waals surface area contributed by atoms with Gasteiger partial charge in [0, 0.05) is 25.6 Å². The van der Waals surface area contributed by atoms with Crippen molar-refractivity contribution in [1.82, 2.24) is 29.5 Å². The molecule has 130 valence electrons. The van der Waals surface area contributed by atoms with Crippen LogP contribution in [0, 0.1) is 6.92 Å². The van der Waals surface area contributed by atoms with Crippen LogP contribution in [0.5, 0.6) is 0 Å². The van der Waals surface area contributed by atoms with Crippen LogP contribution in [0.2, 0.25) is 0 Å². The number of carbonyl (C=O) groups excluding carboxylic acids is 1. The maximum absolute atomic E-state index is 12.8. The summed E-state index contributed by atoms with van der Waals surface area (Å²) in [7, 11) is 1.87. The van der Waals surface area contributed by atoms with Crippen molar-refractivity contribution < 1.29 is 4.79 Å². The number of hydrogen-bond donors (Lipinski definition) is 1. The lowest BCUT2D eigenvalue weighted by atomic mass is 10.2. The zero-order chi connectivity index (χ0) is 18.1. The Labute approximate surface area is 150 Å². The van der Waals surface area contributed by atoms with E-state index in [2.05, 4.69) is 20.4 Å². The number of aromatic nitrogens is 5. The highest BCUT2D eigenvalue weighted by Crippen LogP contribution is 2.25. The van der Waals surface area contributed by atoms with E-state index < -0.39 is 0 Å². The third-order valence-corrected chi connectivity index (χ3v) is 4.16. The van der Waals surface area contributed by atoms with Gasteiger partial charge in [-0.25, -0.2) is 0 Å². The first kappa shape index (κ1) is 16.0. The van der Waals surface area contributed by atoms with E-state index in [4.69, 9.17) is 0 Å². The molecule has 0 atom stereocenters. The minimum absolute atomic E-state index is 0.154. The fourth-order valence-electron chi connectivity index (χ4n) is 2.86. The van der Waals surface area contributed by atoms with Crippen LogP contribution >= 0.6 is 0 Å². The lowest BCUT2D eigenvalue weighted by Crippen LogP contribution is -2.23. The summed E-state index contributed by atoms with van der Waals surface area (Å²) >= 11 is 0. The van der Waals surface area contributed by atoms with Gasteiger partial charge < -0.3 is 9.72 Å². The van der Waals surface area contributed by atoms with Crippen molar-refractivity contribution in [2.24, 2.45) is 7.05 Å². The van der Waals surface area contributed by atoms with Gasteiger partial charge in [0.25, 0.3) is 5.91 Å². The number of carbonyl (C=O) groups is 1. The third-order valence-electron chi connectivity index (χ3n) is 4.16. The fourth-order valence-corrected chi connectivity index (χ4v) is 2.86. The highest BCUT2D eigenvalue weighted by Gasteiger charge is 2.17. The molecule has 7 heteroatoms. The van der Waals surface area contributed by atoms with E-state index in [0.717, 1.165) is 28.3 Å². The Kier molecular flexibility index (Phi) is 3.96. The van der Waals surface area contributed by atoms with Gasteiger partial charge in [0.05, 0.1) is 40.9 Å². The normalized spacial score (nSPS) is 11.0. The predicted molar refractivity (Wildman–Crippen MR) is 97.5 cm³/mol. The highest BCUT2D eigenvalue weighted by atomic mass is 16.1. The average Bonchev–Trinajstić information content (AvgIpc) is 3.24. The van der Waals surface area contributed by atoms with Crippen LogP contribution in [0.15, 0.2) is 55.1 Å². The topological polar surface area (TPSA) is 77.1 Å². The van der Waals surface area contributed by atoms with Gasteiger partial charge in [0.1, 0.15) is 5.69 Å². The Morgan fingerprint density at radius 3 is 2.77 bits per heavy atom. The van der Waals surface area contributed by atoms with Gasteiger partial charge in [-0.3, -0.25) is 19.4 Å². The number of rotatable bonds is 4. The second-order valence-corrected chi connectivity index (χ2v) is 6.11. The Balaban J connectivity index is 1.65. The first-order chi connectivity index (χ1) is 12.6. The van der Waals surface area contributed by atoms with Crippen molar-refractivity contribution in [3.8, 4) is 11.4 Å². The lowest BCUT2D eigenvalue weighted by Gasteiger charge is -2.04. The van der Waals surface area contributed by atoms with Crippen LogP contribution in [-0.4, -0.2) is 30.1 Å². The molecule has 0 radical (unpaired) electrons. The number of nitrogens with zero attached hydrogens (tertiary/aromatic N) is 5. The van der Waals surface area contributed by atoms with Gasteiger partial charge in [-0.15, -0.1) is 0 Å². The summed E-state index contributed by atoms with van der Waals surface area (Å²) in [6.07, 6.45) is 7.18. The molecule has 0 aliphatic carbocycles. The van der Waals surface area contributed by atoms with E-state index in [9.17, 15) is 4.79 Å². The number of pyridine rings is 1. The molecule has 4 rings (SSSR count). The minimum atomic E-state index is -0.154. The molecule has 26 heavy (non-hydrogen) atoms. The molecule has 0 bridgehead atoms. The zero-order valence-electron chi connectivity index (χ0n) is 14.5. The van der Waals surface area contributed by atoms with Crippen LogP contribution in [-0.2, 0) is 13.6 Å². The van der Waals surface area contributed by atoms with E-state index in [1.165, 1.54) is 0 Å². The molecule has 1 amide bonds. The van der Waals surface area contributed by atoms with Crippen molar-refractivity contribution in [3.63, 3.8) is 0 Å². The number of amides is 1. The maximum atomic E-state index is 12.8. The molecule has 0 saturated heterocycles. The van der Waals surface area contributed by atoms with Gasteiger partial charge in [-0.2, -0.15) is 5.10 Å². The van der Waals surface area contributed by atoms with Crippen LogP contribution in [0.3, 0.4) is 0 Å². The molecule has 0 aromatic carbocycles. The molecular weight excluding hydrogens is 328 g/mol. The van der Waals surface area contributed by atoms with Crippen molar-refractivity contribution >= 4 is 11.4 Å². The van der Waals surface area contributed by atoms with Crippen molar-refractivity contribution in [2.75, 3.05) is 0 Å². The van der Waals surface area contributed by atoms with E-state index in [0.29, 0.717) is 12.1 Å². The molecular formula is C19H18N6O. The summed E-state index contributed by atoms with van der Waals surface area (Å²) in [6, 6.07) is 9.57. The standard InChI is InChI=1S/C19H18N6O/c1-13-10-21-14(11-20-13)12-22-19(26)15-9-18(16-6-8-24(2)23-16)25-7-4-3-5-17(15)25/h3-11H,12H2,1-2H3,(H,22,26). The van der Waals surface area contributed by atoms with E-state index in [-0.39, 0.29) is 5.91 Å². The van der Waals surface area contributed by atoms with Crippen molar-refractivity contribution in [3.05, 3.63) is 72.1 Å². The van der Waals surface area contributed by atoms with Gasteiger partial charge >= 0.3 is 0 Å². The summed E-state index contributed by atoms with van der Waals surface area (Å²) in [5, 5.41) is 7.37. The molecule has 7 nitrogen and oxygen atoms in total. The second-order valence-electron chi connectivity index (χ2n) is 6.11. The third kappa shape index (κ3) is 2.95. The van der Waals surface area contributed by atoms with E-state index >= 15 is 0 Å². The SMILES string of the molecule is Cc1cnc(CNC(=O)c2cc(-c3ccn(C)n3)n3ccccc23)cn1. The summed E-state index contributed by atoms with van der Waals surface area (Å²) in [5.74, 6) is -0.154. The monoisotopic (exact) mass is 346 g/mol. The molecule has 4 aromatic rings. The van der Waals surface area contributed by atoms with Gasteiger partial charge in [-0.05, 0) is 31.2 Å². The molecule has 4 heterocycles. The smallest absolute Gasteiger partial charge is 0.253 e. The predicted octanol–water partition coefficient (Wildman–Crippen LogP) is 2.37. The molecule has 0 spiro atoms. The number of hydrogen-bond acceptors (Lipinski definition) is 4. The van der Waals surface area contributed by atoms with E-state index in [1.54, 1.807) is 17.1 Å². The molecule has 0 fully saturated rings. The van der Waals surface area contributed by atoms with Crippen LogP contribution in [0.25, 0.3) is 16.9 Å². The number of aryl methyl sites for hydroxylation is 2. The average molecular weight is 346 g/mol. The first-order valence-corrected chi connectivity index (χ1v) is 8.27. The van der Waals surface area contributed by atoms with Crippen molar-refractivity contribution in [2.45, 2.75) is 13.5 Å². The molecule has 4 aromatic heterocycles. The molecule has 1 N–H and O–H groups in total. The Bertz CT molecular complexity index is 1080. The summed E-state index contributed by atoms with van der Waals surface area (Å²) in [6.45, 7) is 2.21. The Morgan fingerprint density at radius 1 is 1.15 bits per heavy atom. The van der Waals surface area contributed by atoms with Crippen LogP contribution in [0.1, 0.15) is 21.7 Å². The maximum Gasteiger partial charge on any atom is 0.253 e. The largest absolute Gasteiger partial charge is 0.346 e.